The third-order valence-corrected chi connectivity index (χ3v) is 5.60. The van der Waals surface area contributed by atoms with E-state index >= 15 is 0 Å². The van der Waals surface area contributed by atoms with Crippen molar-refractivity contribution in [2.45, 2.75) is 6.54 Å². The number of esters is 1. The second-order valence-electron chi connectivity index (χ2n) is 7.64. The smallest absolute Gasteiger partial charge is 0.373 e. The Labute approximate surface area is 218 Å². The van der Waals surface area contributed by atoms with Gasteiger partial charge >= 0.3 is 12.0 Å². The van der Waals surface area contributed by atoms with Gasteiger partial charge in [-0.1, -0.05) is 28.1 Å². The van der Waals surface area contributed by atoms with Crippen LogP contribution in [0.5, 0.6) is 5.75 Å². The first-order valence-corrected chi connectivity index (χ1v) is 11.5. The number of carbonyl (C=O) groups excluding carboxylic acids is 4. The maximum Gasteiger partial charge on any atom is 0.373 e. The lowest BCUT2D eigenvalue weighted by Gasteiger charge is -2.11. The van der Waals surface area contributed by atoms with E-state index in [0.29, 0.717) is 10.0 Å². The number of hydrogen-bond donors (Lipinski definition) is 2. The minimum absolute atomic E-state index is 0.0175. The van der Waals surface area contributed by atoms with E-state index in [-0.39, 0.29) is 35.2 Å². The van der Waals surface area contributed by atoms with Crippen LogP contribution in [0.25, 0.3) is 6.08 Å². The highest BCUT2D eigenvalue weighted by atomic mass is 79.9. The Morgan fingerprint density at radius 3 is 2.70 bits per heavy atom. The van der Waals surface area contributed by atoms with Crippen LogP contribution < -0.4 is 15.4 Å². The minimum atomic E-state index is -0.686. The van der Waals surface area contributed by atoms with Gasteiger partial charge in [0.1, 0.15) is 23.0 Å². The monoisotopic (exact) mass is 571 g/mol. The number of urea groups is 1. The van der Waals surface area contributed by atoms with Crippen molar-refractivity contribution in [2.75, 3.05) is 19.0 Å². The zero-order valence-corrected chi connectivity index (χ0v) is 20.8. The van der Waals surface area contributed by atoms with E-state index in [0.717, 1.165) is 4.90 Å². The Morgan fingerprint density at radius 2 is 1.95 bits per heavy atom. The number of nitrogens with one attached hydrogen (secondary N) is 2. The summed E-state index contributed by atoms with van der Waals surface area (Å²) < 4.78 is 29.9. The molecule has 1 aliphatic rings. The number of furan rings is 1. The SMILES string of the molecule is COC(=O)c1ccc(CN2C(=O)N/C(=C\c3cc(Br)ccc3OCC(=O)Nc3ccccc3F)C2=O)o1. The molecule has 0 unspecified atom stereocenters. The van der Waals surface area contributed by atoms with Gasteiger partial charge in [-0.15, -0.1) is 0 Å². The normalized spacial score (nSPS) is 14.0. The van der Waals surface area contributed by atoms with Crippen LogP contribution in [0.3, 0.4) is 0 Å². The highest BCUT2D eigenvalue weighted by molar-refractivity contribution is 9.10. The van der Waals surface area contributed by atoms with Crippen molar-refractivity contribution < 1.29 is 37.5 Å². The van der Waals surface area contributed by atoms with E-state index in [2.05, 4.69) is 31.3 Å². The molecule has 4 rings (SSSR count). The van der Waals surface area contributed by atoms with E-state index in [4.69, 9.17) is 9.15 Å². The number of rotatable bonds is 8. The molecule has 0 saturated carbocycles. The minimum Gasteiger partial charge on any atom is -0.483 e. The van der Waals surface area contributed by atoms with E-state index in [1.54, 1.807) is 24.3 Å². The molecule has 4 amide bonds. The van der Waals surface area contributed by atoms with Crippen molar-refractivity contribution in [2.24, 2.45) is 0 Å². The van der Waals surface area contributed by atoms with Gasteiger partial charge in [0.15, 0.2) is 6.61 Å². The van der Waals surface area contributed by atoms with Gasteiger partial charge < -0.3 is 24.5 Å². The predicted octanol–water partition coefficient (Wildman–Crippen LogP) is 4.08. The summed E-state index contributed by atoms with van der Waals surface area (Å²) in [5.41, 5.74) is 0.372. The lowest BCUT2D eigenvalue weighted by Crippen LogP contribution is -2.30. The number of para-hydroxylation sites is 1. The number of methoxy groups -OCH3 is 1. The van der Waals surface area contributed by atoms with Crippen molar-refractivity contribution in [3.8, 4) is 5.75 Å². The fraction of sp³-hybridized carbons (Fsp3) is 0.120. The van der Waals surface area contributed by atoms with E-state index in [1.165, 1.54) is 43.5 Å². The number of amides is 4. The van der Waals surface area contributed by atoms with Gasteiger partial charge in [0, 0.05) is 10.0 Å². The Hall–Kier alpha value is -4.45. The van der Waals surface area contributed by atoms with E-state index < -0.39 is 36.2 Å². The van der Waals surface area contributed by atoms with Crippen LogP contribution in [0.2, 0.25) is 0 Å². The van der Waals surface area contributed by atoms with Crippen LogP contribution in [0.15, 0.2) is 69.2 Å². The summed E-state index contributed by atoms with van der Waals surface area (Å²) in [5.74, 6) is -2.10. The highest BCUT2D eigenvalue weighted by Gasteiger charge is 2.34. The number of benzene rings is 2. The molecule has 1 aromatic heterocycles. The summed E-state index contributed by atoms with van der Waals surface area (Å²) in [5, 5.41) is 4.91. The average Bonchev–Trinajstić information content (AvgIpc) is 3.45. The van der Waals surface area contributed by atoms with Gasteiger partial charge in [0.2, 0.25) is 5.76 Å². The van der Waals surface area contributed by atoms with Gasteiger partial charge in [-0.3, -0.25) is 14.5 Å². The summed E-state index contributed by atoms with van der Waals surface area (Å²) in [4.78, 5) is 50.1. The molecule has 37 heavy (non-hydrogen) atoms. The third kappa shape index (κ3) is 6.04. The maximum atomic E-state index is 13.8. The topological polar surface area (TPSA) is 127 Å². The lowest BCUT2D eigenvalue weighted by molar-refractivity contribution is -0.123. The molecule has 0 aliphatic carbocycles. The first kappa shape index (κ1) is 25.6. The van der Waals surface area contributed by atoms with Crippen molar-refractivity contribution in [1.29, 1.82) is 0 Å². The third-order valence-electron chi connectivity index (χ3n) is 5.10. The zero-order valence-electron chi connectivity index (χ0n) is 19.2. The number of hydrogen-bond acceptors (Lipinski definition) is 7. The van der Waals surface area contributed by atoms with Crippen molar-refractivity contribution in [3.05, 3.63) is 87.7 Å². The first-order valence-electron chi connectivity index (χ1n) is 10.7. The molecule has 0 radical (unpaired) electrons. The molecule has 2 heterocycles. The second-order valence-corrected chi connectivity index (χ2v) is 8.55. The van der Waals surface area contributed by atoms with Crippen LogP contribution >= 0.6 is 15.9 Å². The summed E-state index contributed by atoms with van der Waals surface area (Å²) in [6, 6.07) is 12.7. The van der Waals surface area contributed by atoms with Crippen molar-refractivity contribution >= 4 is 51.5 Å². The van der Waals surface area contributed by atoms with Crippen molar-refractivity contribution in [3.63, 3.8) is 0 Å². The summed E-state index contributed by atoms with van der Waals surface area (Å²) in [6.07, 6.45) is 1.40. The van der Waals surface area contributed by atoms with Gasteiger partial charge in [0.05, 0.1) is 19.3 Å². The molecule has 10 nitrogen and oxygen atoms in total. The standard InChI is InChI=1S/C25H19BrFN3O7/c1-35-24(33)21-9-7-16(37-21)12-30-23(32)19(29-25(30)34)11-14-10-15(26)6-8-20(14)36-13-22(31)28-18-5-3-2-4-17(18)27/h2-11H,12-13H2,1H3,(H,28,31)(H,29,34)/b19-11-. The molecule has 1 fully saturated rings. The van der Waals surface area contributed by atoms with Crippen LogP contribution in [0.4, 0.5) is 14.9 Å². The number of carbonyl (C=O) groups is 4. The van der Waals surface area contributed by atoms with Gasteiger partial charge in [-0.05, 0) is 48.5 Å². The van der Waals surface area contributed by atoms with Gasteiger partial charge in [-0.25, -0.2) is 14.0 Å². The molecular formula is C25H19BrFN3O7. The molecule has 0 atom stereocenters. The van der Waals surface area contributed by atoms with Crippen LogP contribution in [0.1, 0.15) is 21.9 Å². The molecule has 1 aliphatic heterocycles. The number of imide groups is 1. The quantitative estimate of drug-likeness (QED) is 0.237. The molecule has 12 heteroatoms. The Balaban J connectivity index is 1.47. The van der Waals surface area contributed by atoms with Crippen molar-refractivity contribution in [1.82, 2.24) is 10.2 Å². The number of nitrogens with zero attached hydrogens (tertiary/aromatic N) is 1. The summed E-state index contributed by atoms with van der Waals surface area (Å²) >= 11 is 3.34. The zero-order chi connectivity index (χ0) is 26.5. The fourth-order valence-electron chi connectivity index (χ4n) is 3.36. The van der Waals surface area contributed by atoms with Crippen LogP contribution in [0, 0.1) is 5.82 Å². The second kappa shape index (κ2) is 11.1. The Bertz CT molecular complexity index is 1420. The maximum absolute atomic E-state index is 13.8. The van der Waals surface area contributed by atoms with Crippen LogP contribution in [-0.4, -0.2) is 42.4 Å². The Morgan fingerprint density at radius 1 is 1.16 bits per heavy atom. The summed E-state index contributed by atoms with van der Waals surface area (Å²) in [6.45, 7) is -0.642. The lowest BCUT2D eigenvalue weighted by atomic mass is 10.1. The van der Waals surface area contributed by atoms with Gasteiger partial charge in [-0.2, -0.15) is 0 Å². The number of halogens is 2. The summed E-state index contributed by atoms with van der Waals surface area (Å²) in [7, 11) is 1.20. The Kier molecular flexibility index (Phi) is 7.68. The highest BCUT2D eigenvalue weighted by Crippen LogP contribution is 2.27. The van der Waals surface area contributed by atoms with Crippen LogP contribution in [-0.2, 0) is 20.9 Å². The number of ether oxygens (including phenoxy) is 2. The first-order chi connectivity index (χ1) is 17.7. The largest absolute Gasteiger partial charge is 0.483 e. The molecule has 2 N–H and O–H groups in total. The average molecular weight is 572 g/mol. The molecular weight excluding hydrogens is 553 g/mol. The van der Waals surface area contributed by atoms with E-state index in [1.807, 2.05) is 0 Å². The van der Waals surface area contributed by atoms with Gasteiger partial charge in [0.25, 0.3) is 11.8 Å². The molecule has 190 valence electrons. The molecule has 0 bridgehead atoms. The van der Waals surface area contributed by atoms with E-state index in [9.17, 15) is 23.6 Å². The molecule has 3 aromatic rings. The fourth-order valence-corrected chi connectivity index (χ4v) is 3.73. The molecule has 1 saturated heterocycles. The molecule has 2 aromatic carbocycles. The molecule has 0 spiro atoms. The number of anilines is 1. The predicted molar refractivity (Wildman–Crippen MR) is 132 cm³/mol.